The molecule has 33 heavy (non-hydrogen) atoms. The molecule has 154 valence electrons. The van der Waals surface area contributed by atoms with Gasteiger partial charge in [-0.3, -0.25) is 14.9 Å². The molecule has 0 N–H and O–H groups in total. The third-order valence-corrected chi connectivity index (χ3v) is 6.24. The van der Waals surface area contributed by atoms with E-state index >= 15 is 0 Å². The zero-order valence-electron chi connectivity index (χ0n) is 18.5. The molecule has 0 atom stereocenters. The van der Waals surface area contributed by atoms with Crippen LogP contribution in [-0.4, -0.2) is 14.9 Å². The van der Waals surface area contributed by atoms with Crippen molar-refractivity contribution in [3.63, 3.8) is 0 Å². The van der Waals surface area contributed by atoms with Gasteiger partial charge in [0, 0.05) is 32.0 Å². The molecule has 6 aromatic rings. The van der Waals surface area contributed by atoms with Gasteiger partial charge in [0.25, 0.3) is 0 Å². The normalized spacial score (nSPS) is 11.4. The summed E-state index contributed by atoms with van der Waals surface area (Å²) in [5, 5.41) is 7.97. The Hall–Kier alpha value is -3.20. The van der Waals surface area contributed by atoms with Crippen LogP contribution in [0.1, 0.15) is 17.0 Å². The molecule has 0 spiro atoms. The van der Waals surface area contributed by atoms with Gasteiger partial charge >= 0.3 is 19.5 Å². The second kappa shape index (κ2) is 9.35. The first kappa shape index (κ1) is 21.6. The van der Waals surface area contributed by atoms with Gasteiger partial charge in [0.05, 0.1) is 11.4 Å². The van der Waals surface area contributed by atoms with E-state index in [1.165, 1.54) is 37.9 Å². The smallest absolute Gasteiger partial charge is 0.287 e. The minimum atomic E-state index is 0. The van der Waals surface area contributed by atoms with Crippen LogP contribution in [0, 0.1) is 0 Å². The van der Waals surface area contributed by atoms with Crippen molar-refractivity contribution < 1.29 is 19.5 Å². The van der Waals surface area contributed by atoms with E-state index in [1.54, 1.807) is 0 Å². The molecule has 0 aliphatic carbocycles. The van der Waals surface area contributed by atoms with Gasteiger partial charge in [-0.15, -0.1) is 0 Å². The molecular weight excluding hydrogens is 456 g/mol. The number of benzene rings is 4. The molecule has 2 heterocycles. The van der Waals surface area contributed by atoms with Gasteiger partial charge < -0.3 is 0 Å². The van der Waals surface area contributed by atoms with Crippen molar-refractivity contribution in [2.24, 2.45) is 0 Å². The van der Waals surface area contributed by atoms with Crippen LogP contribution < -0.4 is 0 Å². The molecule has 3 nitrogen and oxygen atoms in total. The molecule has 0 radical (unpaired) electrons. The van der Waals surface area contributed by atoms with Crippen molar-refractivity contribution in [2.45, 2.75) is 19.6 Å². The Morgan fingerprint density at radius 1 is 0.515 bits per heavy atom. The van der Waals surface area contributed by atoms with Crippen LogP contribution in [0.4, 0.5) is 0 Å². The van der Waals surface area contributed by atoms with Crippen molar-refractivity contribution in [2.75, 3.05) is 0 Å². The fourth-order valence-corrected chi connectivity index (χ4v) is 4.78. The van der Waals surface area contributed by atoms with Crippen LogP contribution >= 0.6 is 0 Å². The second-order valence-corrected chi connectivity index (χ2v) is 8.37. The molecule has 0 fully saturated rings. The second-order valence-electron chi connectivity index (χ2n) is 8.37. The van der Waals surface area contributed by atoms with Gasteiger partial charge in [-0.2, -0.15) is 0 Å². The van der Waals surface area contributed by atoms with Crippen molar-refractivity contribution in [3.8, 4) is 0 Å². The van der Waals surface area contributed by atoms with Crippen LogP contribution in [0.2, 0.25) is 0 Å². The number of hydrogen-bond donors (Lipinski definition) is 0. The van der Waals surface area contributed by atoms with Crippen LogP contribution in [-0.2, 0) is 39.1 Å². The molecule has 0 unspecified atom stereocenters. The van der Waals surface area contributed by atoms with E-state index in [0.29, 0.717) is 0 Å². The largest absolute Gasteiger partial charge is 2.00 e. The minimum absolute atomic E-state index is 0. The molecule has 6 rings (SSSR count). The number of pyridine rings is 2. The maximum Gasteiger partial charge on any atom is 2.00 e. The first-order chi connectivity index (χ1) is 15.8. The summed E-state index contributed by atoms with van der Waals surface area (Å²) in [5.41, 5.74) is 3.48. The fourth-order valence-electron chi connectivity index (χ4n) is 4.78. The summed E-state index contributed by atoms with van der Waals surface area (Å²) in [5.74, 6) is 0. The Kier molecular flexibility index (Phi) is 6.13. The summed E-state index contributed by atoms with van der Waals surface area (Å²) in [4.78, 5) is 11.6. The first-order valence-corrected chi connectivity index (χ1v) is 11.0. The summed E-state index contributed by atoms with van der Waals surface area (Å²) in [6.45, 7) is 2.39. The molecule has 4 aromatic carbocycles. The average molecular weight is 479 g/mol. The molecule has 0 bridgehead atoms. The Morgan fingerprint density at radius 3 is 1.70 bits per heavy atom. The standard InChI is InChI=1S/C29H23N3.Zn/c1-3-16-30-25(8-1)19-32(20-26-9-2-4-17-31-26)18-24-13-12-23-11-10-21-6-5-7-22-14-15-27(24)29(23)28(21)22;/h1-17H,18-20H2;/q;+2. The average Bonchev–Trinajstić information content (AvgIpc) is 2.85. The predicted octanol–water partition coefficient (Wildman–Crippen LogP) is 6.57. The number of rotatable bonds is 6. The molecule has 0 aliphatic rings. The van der Waals surface area contributed by atoms with Gasteiger partial charge in [0.2, 0.25) is 0 Å². The third-order valence-electron chi connectivity index (χ3n) is 6.24. The monoisotopic (exact) mass is 477 g/mol. The van der Waals surface area contributed by atoms with E-state index in [9.17, 15) is 0 Å². The van der Waals surface area contributed by atoms with Crippen molar-refractivity contribution in [1.82, 2.24) is 14.9 Å². The van der Waals surface area contributed by atoms with E-state index < -0.39 is 0 Å². The van der Waals surface area contributed by atoms with Crippen LogP contribution in [0.25, 0.3) is 32.3 Å². The third kappa shape index (κ3) is 4.25. The molecule has 0 amide bonds. The topological polar surface area (TPSA) is 29.0 Å². The Bertz CT molecular complexity index is 1440. The van der Waals surface area contributed by atoms with Crippen LogP contribution in [0.15, 0.2) is 103 Å². The molecular formula is C29H23N3Zn+2. The van der Waals surface area contributed by atoms with Gasteiger partial charge in [-0.25, -0.2) is 0 Å². The van der Waals surface area contributed by atoms with Crippen molar-refractivity contribution in [1.29, 1.82) is 0 Å². The van der Waals surface area contributed by atoms with E-state index in [4.69, 9.17) is 0 Å². The molecule has 0 saturated heterocycles. The summed E-state index contributed by atoms with van der Waals surface area (Å²) in [7, 11) is 0. The SMILES string of the molecule is [Zn+2].c1ccc(CN(Cc2ccccn2)Cc2ccc3ccc4cccc5ccc2c3c45)nc1. The number of hydrogen-bond acceptors (Lipinski definition) is 3. The van der Waals surface area contributed by atoms with Crippen LogP contribution in [0.3, 0.4) is 0 Å². The van der Waals surface area contributed by atoms with Crippen LogP contribution in [0.5, 0.6) is 0 Å². The quantitative estimate of drug-likeness (QED) is 0.200. The summed E-state index contributed by atoms with van der Waals surface area (Å²) < 4.78 is 0. The Balaban J connectivity index is 0.00000228. The number of aromatic nitrogens is 2. The van der Waals surface area contributed by atoms with E-state index in [1.807, 2.05) is 24.5 Å². The Labute approximate surface area is 206 Å². The van der Waals surface area contributed by atoms with E-state index in [-0.39, 0.29) is 19.5 Å². The van der Waals surface area contributed by atoms with Gasteiger partial charge in [0.15, 0.2) is 0 Å². The summed E-state index contributed by atoms with van der Waals surface area (Å²) in [6.07, 6.45) is 3.73. The Morgan fingerprint density at radius 2 is 1.09 bits per heavy atom. The maximum absolute atomic E-state index is 4.57. The maximum atomic E-state index is 4.57. The molecule has 2 aromatic heterocycles. The fraction of sp³-hybridized carbons (Fsp3) is 0.103. The minimum Gasteiger partial charge on any atom is -0.287 e. The summed E-state index contributed by atoms with van der Waals surface area (Å²) >= 11 is 0. The van der Waals surface area contributed by atoms with Crippen molar-refractivity contribution >= 4 is 32.3 Å². The first-order valence-electron chi connectivity index (χ1n) is 11.0. The molecule has 4 heteroatoms. The molecule has 0 aliphatic heterocycles. The van der Waals surface area contributed by atoms with Crippen molar-refractivity contribution in [3.05, 3.63) is 120 Å². The zero-order chi connectivity index (χ0) is 21.3. The zero-order valence-corrected chi connectivity index (χ0v) is 21.5. The van der Waals surface area contributed by atoms with E-state index in [0.717, 1.165) is 31.0 Å². The number of nitrogens with zero attached hydrogens (tertiary/aromatic N) is 3. The van der Waals surface area contributed by atoms with E-state index in [2.05, 4.69) is 93.7 Å². The van der Waals surface area contributed by atoms with Gasteiger partial charge in [-0.05, 0) is 62.1 Å². The van der Waals surface area contributed by atoms with Gasteiger partial charge in [0.1, 0.15) is 0 Å². The predicted molar refractivity (Wildman–Crippen MR) is 132 cm³/mol. The van der Waals surface area contributed by atoms with Gasteiger partial charge in [-0.1, -0.05) is 66.7 Å². The molecule has 0 saturated carbocycles. The summed E-state index contributed by atoms with van der Waals surface area (Å²) in [6, 6.07) is 32.4.